The molecule has 8 heavy (non-hydrogen) atoms. The monoisotopic (exact) mass is 230 g/mol. The number of phosphoric acid groups is 1. The van der Waals surface area contributed by atoms with Crippen molar-refractivity contribution in [2.75, 3.05) is 0 Å². The maximum atomic E-state index is 8.88. The van der Waals surface area contributed by atoms with Crippen LogP contribution in [-0.2, 0) is 26.3 Å². The minimum Gasteiger partial charge on any atom is -1.00 e. The molecule has 0 rings (SSSR count). The Kier molecular flexibility index (Phi) is 29.1. The Labute approximate surface area is 127 Å². The summed E-state index contributed by atoms with van der Waals surface area (Å²) in [5.74, 6) is 0. The zero-order valence-corrected chi connectivity index (χ0v) is 11.0. The van der Waals surface area contributed by atoms with Crippen LogP contribution in [0, 0.1) is 0 Å². The fraction of sp³-hybridized carbons (Fsp3) is 0. The van der Waals surface area contributed by atoms with Crippen LogP contribution in [0.3, 0.4) is 0 Å². The number of rotatable bonds is 0. The molecule has 3 N–H and O–H groups in total. The van der Waals surface area contributed by atoms with Gasteiger partial charge in [-0.25, -0.2) is 4.57 Å². The average Bonchev–Trinajstić information content (AvgIpc) is 0.722. The molecule has 0 bridgehead atoms. The Morgan fingerprint density at radius 1 is 1.12 bits per heavy atom. The first-order valence-corrected chi connectivity index (χ1v) is 2.35. The molecule has 0 radical (unpaired) electrons. The van der Waals surface area contributed by atoms with Gasteiger partial charge in [-0.15, -0.1) is 0 Å². The molecule has 44 valence electrons. The van der Waals surface area contributed by atoms with E-state index in [1.165, 1.54) is 0 Å². The SMILES string of the molecule is O=P(O)(O)O.[Ca+2].[Ca+2].[H-].[H-].[H-].[H-].[Ti]. The molecule has 0 heterocycles. The van der Waals surface area contributed by atoms with Crippen molar-refractivity contribution in [1.82, 2.24) is 0 Å². The van der Waals surface area contributed by atoms with Crippen LogP contribution in [0.5, 0.6) is 0 Å². The van der Waals surface area contributed by atoms with E-state index in [0.717, 1.165) is 0 Å². The first-order chi connectivity index (χ1) is 2.00. The molecule has 0 aromatic heterocycles. The van der Waals surface area contributed by atoms with E-state index >= 15 is 0 Å². The summed E-state index contributed by atoms with van der Waals surface area (Å²) in [7, 11) is -4.64. The molecule has 0 aromatic rings. The van der Waals surface area contributed by atoms with Gasteiger partial charge < -0.3 is 20.4 Å². The standard InChI is InChI=1S/2Ca.H3O4P.Ti.4H/c;;1-5(2,3)4;;;;;/h;;(H3,1,2,3,4);;;;;/q2*+2;;;4*-1. The largest absolute Gasteiger partial charge is 2.00 e. The first-order valence-electron chi connectivity index (χ1n) is 0.783. The molecule has 0 saturated heterocycles. The van der Waals surface area contributed by atoms with Gasteiger partial charge in [-0.2, -0.15) is 0 Å². The van der Waals surface area contributed by atoms with Gasteiger partial charge in [-0.1, -0.05) is 0 Å². The molecule has 0 saturated carbocycles. The van der Waals surface area contributed by atoms with Crippen LogP contribution in [-0.4, -0.2) is 90.2 Å². The smallest absolute Gasteiger partial charge is 1.00 e. The molecular weight excluding hydrogens is 223 g/mol. The van der Waals surface area contributed by atoms with Gasteiger partial charge in [0.2, 0.25) is 0 Å². The van der Waals surface area contributed by atoms with E-state index in [-0.39, 0.29) is 103 Å². The third-order valence-corrected chi connectivity index (χ3v) is 0. The van der Waals surface area contributed by atoms with Crippen LogP contribution in [0.25, 0.3) is 0 Å². The van der Waals surface area contributed by atoms with Crippen molar-refractivity contribution in [3.63, 3.8) is 0 Å². The van der Waals surface area contributed by atoms with Gasteiger partial charge in [-0.05, 0) is 0 Å². The summed E-state index contributed by atoms with van der Waals surface area (Å²) in [4.78, 5) is 21.6. The van der Waals surface area contributed by atoms with Crippen molar-refractivity contribution in [3.05, 3.63) is 0 Å². The number of hydrogen-bond acceptors (Lipinski definition) is 1. The van der Waals surface area contributed by atoms with Crippen LogP contribution < -0.4 is 0 Å². The van der Waals surface area contributed by atoms with E-state index in [1.54, 1.807) is 0 Å². The molecular formula is H7Ca2O4PTi. The predicted octanol–water partition coefficient (Wildman–Crippen LogP) is -1.24. The Bertz CT molecular complexity index is 71.2. The third kappa shape index (κ3) is 58.2. The van der Waals surface area contributed by atoms with Gasteiger partial charge in [0, 0.05) is 21.7 Å². The number of hydrogen-bond donors (Lipinski definition) is 3. The van der Waals surface area contributed by atoms with E-state index in [9.17, 15) is 0 Å². The summed E-state index contributed by atoms with van der Waals surface area (Å²) in [6.07, 6.45) is 0. The Hall–Kier alpha value is 3.34. The molecule has 4 nitrogen and oxygen atoms in total. The zero-order valence-electron chi connectivity index (χ0n) is 8.11. The van der Waals surface area contributed by atoms with Crippen molar-refractivity contribution in [2.24, 2.45) is 0 Å². The molecule has 0 atom stereocenters. The zero-order chi connectivity index (χ0) is 4.50. The van der Waals surface area contributed by atoms with Crippen LogP contribution in [0.15, 0.2) is 0 Å². The molecule has 0 amide bonds. The summed E-state index contributed by atoms with van der Waals surface area (Å²) in [6.45, 7) is 0. The van der Waals surface area contributed by atoms with E-state index in [2.05, 4.69) is 0 Å². The van der Waals surface area contributed by atoms with Gasteiger partial charge in [0.25, 0.3) is 0 Å². The van der Waals surface area contributed by atoms with E-state index < -0.39 is 7.82 Å². The normalized spacial score (nSPS) is 7.38. The molecule has 8 heteroatoms. The Morgan fingerprint density at radius 3 is 1.12 bits per heavy atom. The summed E-state index contributed by atoms with van der Waals surface area (Å²) >= 11 is 0. The van der Waals surface area contributed by atoms with Gasteiger partial charge in [0.05, 0.1) is 0 Å². The summed E-state index contributed by atoms with van der Waals surface area (Å²) in [5.41, 5.74) is 0. The van der Waals surface area contributed by atoms with Crippen molar-refractivity contribution < 1.29 is 46.7 Å². The first kappa shape index (κ1) is 22.5. The van der Waals surface area contributed by atoms with E-state index in [4.69, 9.17) is 19.2 Å². The fourth-order valence-electron chi connectivity index (χ4n) is 0. The third-order valence-electron chi connectivity index (χ3n) is 0. The van der Waals surface area contributed by atoms with Crippen LogP contribution in [0.2, 0.25) is 0 Å². The maximum Gasteiger partial charge on any atom is 2.00 e. The van der Waals surface area contributed by atoms with Gasteiger partial charge in [-0.3, -0.25) is 0 Å². The van der Waals surface area contributed by atoms with Gasteiger partial charge in [0.1, 0.15) is 0 Å². The molecule has 0 unspecified atom stereocenters. The second-order valence-electron chi connectivity index (χ2n) is 0.513. The van der Waals surface area contributed by atoms with E-state index in [0.29, 0.717) is 0 Å². The summed E-state index contributed by atoms with van der Waals surface area (Å²) in [6, 6.07) is 0. The average molecular weight is 230 g/mol. The van der Waals surface area contributed by atoms with Gasteiger partial charge >= 0.3 is 83.3 Å². The molecule has 0 fully saturated rings. The minimum atomic E-state index is -4.64. The predicted molar refractivity (Wildman–Crippen MR) is 30.2 cm³/mol. The molecule has 0 aliphatic rings. The van der Waals surface area contributed by atoms with Crippen molar-refractivity contribution in [1.29, 1.82) is 0 Å². The summed E-state index contributed by atoms with van der Waals surface area (Å²) < 4.78 is 8.88. The molecule has 0 aromatic carbocycles. The van der Waals surface area contributed by atoms with Crippen LogP contribution in [0.4, 0.5) is 0 Å². The van der Waals surface area contributed by atoms with Crippen molar-refractivity contribution in [3.8, 4) is 0 Å². The van der Waals surface area contributed by atoms with Gasteiger partial charge in [0.15, 0.2) is 0 Å². The molecule has 0 aliphatic carbocycles. The fourth-order valence-corrected chi connectivity index (χ4v) is 0. The van der Waals surface area contributed by atoms with Crippen LogP contribution >= 0.6 is 7.82 Å². The minimum absolute atomic E-state index is 0. The van der Waals surface area contributed by atoms with Crippen molar-refractivity contribution >= 4 is 83.3 Å². The van der Waals surface area contributed by atoms with Crippen LogP contribution in [0.1, 0.15) is 5.71 Å². The second-order valence-corrected chi connectivity index (χ2v) is 1.54. The quantitative estimate of drug-likeness (QED) is 0.359. The Balaban J connectivity index is -0.00000000381. The Morgan fingerprint density at radius 2 is 1.12 bits per heavy atom. The van der Waals surface area contributed by atoms with Crippen molar-refractivity contribution in [2.45, 2.75) is 0 Å². The summed E-state index contributed by atoms with van der Waals surface area (Å²) in [5, 5.41) is 0. The maximum absolute atomic E-state index is 8.88. The molecule has 0 aliphatic heterocycles. The topological polar surface area (TPSA) is 77.8 Å². The second kappa shape index (κ2) is 10.3. The van der Waals surface area contributed by atoms with E-state index in [1.807, 2.05) is 0 Å². The molecule has 0 spiro atoms.